The lowest BCUT2D eigenvalue weighted by Crippen LogP contribution is -2.20. The first kappa shape index (κ1) is 28.5. The van der Waals surface area contributed by atoms with Crippen LogP contribution in [-0.4, -0.2) is 46.2 Å². The lowest BCUT2D eigenvalue weighted by Gasteiger charge is -2.07. The third-order valence-corrected chi connectivity index (χ3v) is 5.10. The van der Waals surface area contributed by atoms with Gasteiger partial charge in [0, 0.05) is 31.3 Å². The summed E-state index contributed by atoms with van der Waals surface area (Å²) in [6.07, 6.45) is 7.38. The van der Waals surface area contributed by atoms with Gasteiger partial charge in [0.15, 0.2) is 0 Å². The lowest BCUT2D eigenvalue weighted by atomic mass is 10.1. The van der Waals surface area contributed by atoms with Crippen LogP contribution in [0, 0.1) is 18.2 Å². The standard InChI is InChI=1S/C27H32FNO4.C2H6/c1-2-3-13-30-15-17-32-18-16-31-14-12-29-21-23-4-8-24-20-26(33-27(24)19-23)11-7-22-5-9-25(28)10-6-22;1-2/h1,4-6,8-10,19-20,29H,3,7,11-18,21H2;1-2H3. The molecule has 35 heavy (non-hydrogen) atoms. The van der Waals surface area contributed by atoms with Gasteiger partial charge in [-0.25, -0.2) is 4.39 Å². The number of ether oxygens (including phenoxy) is 3. The van der Waals surface area contributed by atoms with E-state index in [1.165, 1.54) is 12.1 Å². The number of rotatable bonds is 16. The van der Waals surface area contributed by atoms with Crippen molar-refractivity contribution in [2.45, 2.75) is 39.7 Å². The van der Waals surface area contributed by atoms with E-state index < -0.39 is 0 Å². The molecule has 0 spiro atoms. The average Bonchev–Trinajstić information content (AvgIpc) is 3.30. The van der Waals surface area contributed by atoms with Crippen molar-refractivity contribution in [3.05, 3.63) is 71.2 Å². The van der Waals surface area contributed by atoms with E-state index in [9.17, 15) is 4.39 Å². The van der Waals surface area contributed by atoms with Crippen LogP contribution in [0.2, 0.25) is 0 Å². The normalized spacial score (nSPS) is 10.7. The van der Waals surface area contributed by atoms with E-state index in [4.69, 9.17) is 25.1 Å². The van der Waals surface area contributed by atoms with Crippen molar-refractivity contribution in [1.82, 2.24) is 5.32 Å². The summed E-state index contributed by atoms with van der Waals surface area (Å²) in [4.78, 5) is 0. The number of terminal acetylenes is 1. The van der Waals surface area contributed by atoms with Crippen LogP contribution in [0.3, 0.4) is 0 Å². The molecule has 2 aromatic carbocycles. The van der Waals surface area contributed by atoms with Gasteiger partial charge in [0.2, 0.25) is 0 Å². The molecule has 3 aromatic rings. The Labute approximate surface area is 208 Å². The molecule has 0 aliphatic carbocycles. The van der Waals surface area contributed by atoms with Crippen molar-refractivity contribution in [1.29, 1.82) is 0 Å². The van der Waals surface area contributed by atoms with Gasteiger partial charge in [0.25, 0.3) is 0 Å². The summed E-state index contributed by atoms with van der Waals surface area (Å²) in [5.41, 5.74) is 3.15. The van der Waals surface area contributed by atoms with Crippen molar-refractivity contribution in [3.8, 4) is 12.3 Å². The monoisotopic (exact) mass is 483 g/mol. The van der Waals surface area contributed by atoms with Crippen molar-refractivity contribution in [3.63, 3.8) is 0 Å². The molecule has 5 nitrogen and oxygen atoms in total. The highest BCUT2D eigenvalue weighted by atomic mass is 19.1. The third-order valence-electron chi connectivity index (χ3n) is 5.10. The minimum atomic E-state index is -0.210. The molecule has 0 fully saturated rings. The number of benzene rings is 2. The maximum absolute atomic E-state index is 13.0. The minimum Gasteiger partial charge on any atom is -0.461 e. The fourth-order valence-corrected chi connectivity index (χ4v) is 3.33. The van der Waals surface area contributed by atoms with Gasteiger partial charge >= 0.3 is 0 Å². The van der Waals surface area contributed by atoms with Crippen LogP contribution in [0.5, 0.6) is 0 Å². The van der Waals surface area contributed by atoms with Crippen molar-refractivity contribution >= 4 is 11.0 Å². The number of aryl methyl sites for hydroxylation is 2. The summed E-state index contributed by atoms with van der Waals surface area (Å²) >= 11 is 0. The van der Waals surface area contributed by atoms with E-state index in [1.807, 2.05) is 26.0 Å². The molecule has 0 radical (unpaired) electrons. The molecule has 0 amide bonds. The highest BCUT2D eigenvalue weighted by molar-refractivity contribution is 5.78. The first-order valence-corrected chi connectivity index (χ1v) is 12.4. The molecule has 3 rings (SSSR count). The number of furan rings is 1. The predicted molar refractivity (Wildman–Crippen MR) is 139 cm³/mol. The molecule has 0 aliphatic heterocycles. The van der Waals surface area contributed by atoms with Crippen LogP contribution in [0.1, 0.15) is 37.2 Å². The number of hydrogen-bond donors (Lipinski definition) is 1. The molecular formula is C29H38FNO4. The van der Waals surface area contributed by atoms with Gasteiger partial charge in [0.05, 0.1) is 39.6 Å². The van der Waals surface area contributed by atoms with E-state index in [-0.39, 0.29) is 5.82 Å². The summed E-state index contributed by atoms with van der Waals surface area (Å²) in [6.45, 7) is 8.92. The number of hydrogen-bond acceptors (Lipinski definition) is 5. The Morgan fingerprint density at radius 3 is 2.20 bits per heavy atom. The summed E-state index contributed by atoms with van der Waals surface area (Å²) in [5, 5.41) is 4.48. The lowest BCUT2D eigenvalue weighted by molar-refractivity contribution is 0.0161. The van der Waals surface area contributed by atoms with E-state index >= 15 is 0 Å². The Kier molecular flexibility index (Phi) is 14.4. The molecule has 0 saturated carbocycles. The molecule has 0 unspecified atom stereocenters. The quantitative estimate of drug-likeness (QED) is 0.214. The molecule has 0 saturated heterocycles. The Morgan fingerprint density at radius 2 is 1.49 bits per heavy atom. The summed E-state index contributed by atoms with van der Waals surface area (Å²) in [7, 11) is 0. The minimum absolute atomic E-state index is 0.210. The van der Waals surface area contributed by atoms with Crippen molar-refractivity contribution < 1.29 is 23.0 Å². The second kappa shape index (κ2) is 17.7. The van der Waals surface area contributed by atoms with Crippen molar-refractivity contribution in [2.24, 2.45) is 0 Å². The van der Waals surface area contributed by atoms with Gasteiger partial charge in [-0.3, -0.25) is 0 Å². The SMILES string of the molecule is C#CCCOCCOCCOCCNCc1ccc2cc(CCc3ccc(F)cc3)oc2c1.CC. The summed E-state index contributed by atoms with van der Waals surface area (Å²) < 4.78 is 35.3. The largest absolute Gasteiger partial charge is 0.461 e. The molecule has 1 aromatic heterocycles. The highest BCUT2D eigenvalue weighted by Gasteiger charge is 2.06. The maximum atomic E-state index is 13.0. The smallest absolute Gasteiger partial charge is 0.134 e. The molecular weight excluding hydrogens is 445 g/mol. The number of fused-ring (bicyclic) bond motifs is 1. The molecule has 6 heteroatoms. The Morgan fingerprint density at radius 1 is 0.829 bits per heavy atom. The number of nitrogens with one attached hydrogen (secondary N) is 1. The van der Waals surface area contributed by atoms with Crippen LogP contribution >= 0.6 is 0 Å². The topological polar surface area (TPSA) is 52.9 Å². The van der Waals surface area contributed by atoms with Crippen LogP contribution in [-0.2, 0) is 33.6 Å². The van der Waals surface area contributed by atoms with Gasteiger partial charge in [-0.2, -0.15) is 0 Å². The maximum Gasteiger partial charge on any atom is 0.134 e. The van der Waals surface area contributed by atoms with Crippen LogP contribution < -0.4 is 5.32 Å². The highest BCUT2D eigenvalue weighted by Crippen LogP contribution is 2.22. The summed E-state index contributed by atoms with van der Waals surface area (Å²) in [6, 6.07) is 15.0. The first-order valence-electron chi connectivity index (χ1n) is 12.4. The Hall–Kier alpha value is -2.69. The second-order valence-electron chi connectivity index (χ2n) is 7.68. The van der Waals surface area contributed by atoms with Gasteiger partial charge in [-0.05, 0) is 41.8 Å². The van der Waals surface area contributed by atoms with E-state index in [2.05, 4.69) is 35.5 Å². The number of halogens is 1. The zero-order valence-electron chi connectivity index (χ0n) is 21.0. The second-order valence-corrected chi connectivity index (χ2v) is 7.68. The zero-order chi connectivity index (χ0) is 25.1. The fraction of sp³-hybridized carbons (Fsp3) is 0.448. The van der Waals surface area contributed by atoms with E-state index in [1.54, 1.807) is 0 Å². The predicted octanol–water partition coefficient (Wildman–Crippen LogP) is 5.55. The molecule has 0 bridgehead atoms. The molecule has 0 atom stereocenters. The van der Waals surface area contributed by atoms with Gasteiger partial charge < -0.3 is 23.9 Å². The van der Waals surface area contributed by atoms with E-state index in [0.29, 0.717) is 46.1 Å². The van der Waals surface area contributed by atoms with E-state index in [0.717, 1.165) is 53.8 Å². The first-order chi connectivity index (χ1) is 17.2. The van der Waals surface area contributed by atoms with Crippen LogP contribution in [0.4, 0.5) is 4.39 Å². The van der Waals surface area contributed by atoms with Crippen LogP contribution in [0.15, 0.2) is 52.9 Å². The fourth-order valence-electron chi connectivity index (χ4n) is 3.33. The zero-order valence-corrected chi connectivity index (χ0v) is 21.0. The molecule has 1 heterocycles. The van der Waals surface area contributed by atoms with Gasteiger partial charge in [0.1, 0.15) is 17.2 Å². The van der Waals surface area contributed by atoms with Crippen molar-refractivity contribution in [2.75, 3.05) is 46.2 Å². The third kappa shape index (κ3) is 11.5. The van der Waals surface area contributed by atoms with Gasteiger partial charge in [-0.1, -0.05) is 38.1 Å². The van der Waals surface area contributed by atoms with Gasteiger partial charge in [-0.15, -0.1) is 12.3 Å². The molecule has 1 N–H and O–H groups in total. The van der Waals surface area contributed by atoms with Crippen LogP contribution in [0.25, 0.3) is 11.0 Å². The Bertz CT molecular complexity index is 994. The molecule has 190 valence electrons. The molecule has 0 aliphatic rings. The Balaban J connectivity index is 0.00000210. The summed E-state index contributed by atoms with van der Waals surface area (Å²) in [5.74, 6) is 3.26. The average molecular weight is 484 g/mol.